The number of aromatic nitrogens is 1. The molecule has 0 atom stereocenters. The summed E-state index contributed by atoms with van der Waals surface area (Å²) in [7, 11) is 3.11. The van der Waals surface area contributed by atoms with Crippen molar-refractivity contribution in [2.24, 2.45) is 0 Å². The van der Waals surface area contributed by atoms with E-state index < -0.39 is 0 Å². The second kappa shape index (κ2) is 9.34. The van der Waals surface area contributed by atoms with Crippen molar-refractivity contribution < 1.29 is 18.7 Å². The first kappa shape index (κ1) is 21.7. The zero-order valence-electron chi connectivity index (χ0n) is 17.2. The van der Waals surface area contributed by atoms with Gasteiger partial charge in [-0.15, -0.1) is 0 Å². The smallest absolute Gasteiger partial charge is 0.248 e. The molecule has 0 unspecified atom stereocenters. The van der Waals surface area contributed by atoms with E-state index in [1.165, 1.54) is 13.2 Å². The largest absolute Gasteiger partial charge is 0.497 e. The Hall–Kier alpha value is -3.48. The molecule has 8 heteroatoms. The number of rotatable bonds is 6. The van der Waals surface area contributed by atoms with Gasteiger partial charge in [0.05, 0.1) is 19.2 Å². The van der Waals surface area contributed by atoms with Crippen LogP contribution in [0.1, 0.15) is 5.56 Å². The van der Waals surface area contributed by atoms with Crippen LogP contribution in [-0.2, 0) is 4.79 Å². The van der Waals surface area contributed by atoms with Crippen LogP contribution in [-0.4, -0.2) is 25.1 Å². The Balaban J connectivity index is 1.52. The molecule has 32 heavy (non-hydrogen) atoms. The molecule has 4 aromatic rings. The van der Waals surface area contributed by atoms with Crippen molar-refractivity contribution in [3.63, 3.8) is 0 Å². The summed E-state index contributed by atoms with van der Waals surface area (Å²) in [5.74, 6) is 1.34. The third-order valence-corrected chi connectivity index (χ3v) is 5.15. The van der Waals surface area contributed by atoms with E-state index in [2.05, 4.69) is 10.3 Å². The van der Waals surface area contributed by atoms with Crippen LogP contribution < -0.4 is 14.8 Å². The Labute approximate surface area is 194 Å². The number of anilines is 1. The van der Waals surface area contributed by atoms with E-state index in [9.17, 15) is 4.79 Å². The van der Waals surface area contributed by atoms with Crippen molar-refractivity contribution in [3.05, 3.63) is 76.3 Å². The summed E-state index contributed by atoms with van der Waals surface area (Å²) in [6, 6.07) is 15.9. The highest BCUT2D eigenvalue weighted by Gasteiger charge is 2.11. The van der Waals surface area contributed by atoms with E-state index in [1.54, 1.807) is 43.5 Å². The van der Waals surface area contributed by atoms with Crippen LogP contribution in [0.3, 0.4) is 0 Å². The Bertz CT molecular complexity index is 1310. The summed E-state index contributed by atoms with van der Waals surface area (Å²) in [4.78, 5) is 16.9. The second-order valence-corrected chi connectivity index (χ2v) is 7.61. The summed E-state index contributed by atoms with van der Waals surface area (Å²) in [5, 5.41) is 3.61. The number of nitrogens with zero attached hydrogens (tertiary/aromatic N) is 1. The van der Waals surface area contributed by atoms with E-state index in [-0.39, 0.29) is 5.91 Å². The quantitative estimate of drug-likeness (QED) is 0.328. The third kappa shape index (κ3) is 4.72. The highest BCUT2D eigenvalue weighted by atomic mass is 35.5. The van der Waals surface area contributed by atoms with Crippen LogP contribution in [0.5, 0.6) is 11.5 Å². The maximum Gasteiger partial charge on any atom is 0.248 e. The van der Waals surface area contributed by atoms with Gasteiger partial charge in [-0.25, -0.2) is 4.98 Å². The number of hydrogen-bond donors (Lipinski definition) is 1. The lowest BCUT2D eigenvalue weighted by molar-refractivity contribution is -0.111. The number of benzene rings is 3. The fourth-order valence-corrected chi connectivity index (χ4v) is 3.72. The first-order chi connectivity index (χ1) is 15.5. The lowest BCUT2D eigenvalue weighted by Crippen LogP contribution is -2.07. The number of hydrogen-bond acceptors (Lipinski definition) is 5. The second-order valence-electron chi connectivity index (χ2n) is 6.76. The monoisotopic (exact) mass is 468 g/mol. The molecule has 6 nitrogen and oxygen atoms in total. The number of fused-ring (bicyclic) bond motifs is 1. The average Bonchev–Trinajstić information content (AvgIpc) is 3.21. The first-order valence-corrected chi connectivity index (χ1v) is 10.3. The molecular formula is C24H18Cl2N2O4. The van der Waals surface area contributed by atoms with Crippen LogP contribution in [0.15, 0.2) is 65.1 Å². The Morgan fingerprint density at radius 2 is 1.81 bits per heavy atom. The minimum atomic E-state index is -0.332. The van der Waals surface area contributed by atoms with Crippen molar-refractivity contribution in [1.29, 1.82) is 0 Å². The maximum atomic E-state index is 12.4. The topological polar surface area (TPSA) is 73.6 Å². The molecule has 1 aromatic heterocycles. The molecule has 0 aliphatic carbocycles. The van der Waals surface area contributed by atoms with Gasteiger partial charge in [-0.3, -0.25) is 4.79 Å². The van der Waals surface area contributed by atoms with Gasteiger partial charge in [-0.2, -0.15) is 0 Å². The van der Waals surface area contributed by atoms with Crippen molar-refractivity contribution in [3.8, 4) is 23.0 Å². The molecule has 0 aliphatic heterocycles. The molecule has 1 amide bonds. The van der Waals surface area contributed by atoms with Crippen molar-refractivity contribution in [2.75, 3.05) is 19.5 Å². The van der Waals surface area contributed by atoms with Crippen LogP contribution in [0, 0.1) is 0 Å². The van der Waals surface area contributed by atoms with Crippen LogP contribution in [0.25, 0.3) is 28.6 Å². The zero-order chi connectivity index (χ0) is 22.7. The van der Waals surface area contributed by atoms with Crippen LogP contribution >= 0.6 is 23.2 Å². The molecule has 1 heterocycles. The van der Waals surface area contributed by atoms with Gasteiger partial charge in [0.1, 0.15) is 17.0 Å². The summed E-state index contributed by atoms with van der Waals surface area (Å²) >= 11 is 12.2. The molecule has 0 radical (unpaired) electrons. The van der Waals surface area contributed by atoms with Gasteiger partial charge < -0.3 is 19.2 Å². The molecule has 0 fully saturated rings. The van der Waals surface area contributed by atoms with E-state index in [4.69, 9.17) is 37.1 Å². The third-order valence-electron chi connectivity index (χ3n) is 4.65. The molecule has 0 saturated heterocycles. The van der Waals surface area contributed by atoms with Crippen molar-refractivity contribution >= 4 is 52.0 Å². The summed E-state index contributed by atoms with van der Waals surface area (Å²) in [6.45, 7) is 0. The van der Waals surface area contributed by atoms with Gasteiger partial charge in [0.2, 0.25) is 11.8 Å². The summed E-state index contributed by atoms with van der Waals surface area (Å²) in [5.41, 5.74) is 3.24. The van der Waals surface area contributed by atoms with Crippen molar-refractivity contribution in [1.82, 2.24) is 4.98 Å². The number of oxazole rings is 1. The normalized spacial score (nSPS) is 11.1. The van der Waals surface area contributed by atoms with Gasteiger partial charge >= 0.3 is 0 Å². The molecule has 4 rings (SSSR count). The average molecular weight is 469 g/mol. The molecule has 0 spiro atoms. The zero-order valence-corrected chi connectivity index (χ0v) is 18.7. The van der Waals surface area contributed by atoms with Crippen LogP contribution in [0.2, 0.25) is 10.0 Å². The standard InChI is InChI=1S/C24H18Cl2N2O4/c1-30-18-7-3-14(4-8-18)24-28-20-13-17(6-9-21(20)32-24)27-22(29)10-5-15-11-16(25)12-19(26)23(15)31-2/h3-13H,1-2H3,(H,27,29)/b10-5+. The fraction of sp³-hybridized carbons (Fsp3) is 0.0833. The number of amides is 1. The number of halogens is 2. The van der Waals surface area contributed by atoms with E-state index in [0.717, 1.165) is 11.3 Å². The SMILES string of the molecule is COc1ccc(-c2nc3cc(NC(=O)/C=C/c4cc(Cl)cc(Cl)c4OC)ccc3o2)cc1. The number of carbonyl (C=O) groups excluding carboxylic acids is 1. The predicted octanol–water partition coefficient (Wildman–Crippen LogP) is 6.47. The van der Waals surface area contributed by atoms with Gasteiger partial charge in [-0.05, 0) is 60.7 Å². The van der Waals surface area contributed by atoms with Gasteiger partial charge in [0.15, 0.2) is 5.58 Å². The van der Waals surface area contributed by atoms with Gasteiger partial charge in [0, 0.05) is 27.9 Å². The minimum Gasteiger partial charge on any atom is -0.497 e. The number of methoxy groups -OCH3 is 2. The molecule has 1 N–H and O–H groups in total. The fourth-order valence-electron chi connectivity index (χ4n) is 3.13. The number of carbonyl (C=O) groups is 1. The van der Waals surface area contributed by atoms with E-state index in [0.29, 0.717) is 44.0 Å². The van der Waals surface area contributed by atoms with Gasteiger partial charge in [-0.1, -0.05) is 23.2 Å². The van der Waals surface area contributed by atoms with E-state index >= 15 is 0 Å². The van der Waals surface area contributed by atoms with Crippen LogP contribution in [0.4, 0.5) is 5.69 Å². The number of ether oxygens (including phenoxy) is 2. The minimum absolute atomic E-state index is 0.332. The molecule has 162 valence electrons. The Morgan fingerprint density at radius 3 is 2.53 bits per heavy atom. The molecule has 0 saturated carbocycles. The highest BCUT2D eigenvalue weighted by molar-refractivity contribution is 6.36. The van der Waals surface area contributed by atoms with Gasteiger partial charge in [0.25, 0.3) is 0 Å². The van der Waals surface area contributed by atoms with Crippen molar-refractivity contribution in [2.45, 2.75) is 0 Å². The lowest BCUT2D eigenvalue weighted by Gasteiger charge is -2.08. The molecule has 3 aromatic carbocycles. The Morgan fingerprint density at radius 1 is 1.03 bits per heavy atom. The summed E-state index contributed by atoms with van der Waals surface area (Å²) in [6.07, 6.45) is 2.96. The highest BCUT2D eigenvalue weighted by Crippen LogP contribution is 2.33. The lowest BCUT2D eigenvalue weighted by atomic mass is 10.2. The maximum absolute atomic E-state index is 12.4. The predicted molar refractivity (Wildman–Crippen MR) is 127 cm³/mol. The molecule has 0 aliphatic rings. The number of nitrogens with one attached hydrogen (secondary N) is 1. The molecule has 0 bridgehead atoms. The molecular weight excluding hydrogens is 451 g/mol. The van der Waals surface area contributed by atoms with E-state index in [1.807, 2.05) is 24.3 Å². The Kier molecular flexibility index (Phi) is 6.35. The first-order valence-electron chi connectivity index (χ1n) is 9.54. The summed E-state index contributed by atoms with van der Waals surface area (Å²) < 4.78 is 16.3.